The highest BCUT2D eigenvalue weighted by Gasteiger charge is 2.21. The van der Waals surface area contributed by atoms with Crippen LogP contribution in [0.3, 0.4) is 0 Å². The maximum atomic E-state index is 3.78. The molecular weight excluding hydrogens is 182 g/mol. The van der Waals surface area contributed by atoms with E-state index in [0.29, 0.717) is 6.04 Å². The van der Waals surface area contributed by atoms with Gasteiger partial charge in [-0.05, 0) is 44.4 Å². The second-order valence-corrected chi connectivity index (χ2v) is 5.71. The van der Waals surface area contributed by atoms with Crippen molar-refractivity contribution in [1.82, 2.24) is 5.32 Å². The first-order chi connectivity index (χ1) is 7.13. The fourth-order valence-corrected chi connectivity index (χ4v) is 2.59. The van der Waals surface area contributed by atoms with Gasteiger partial charge in [-0.15, -0.1) is 0 Å². The van der Waals surface area contributed by atoms with Crippen LogP contribution in [0.4, 0.5) is 0 Å². The largest absolute Gasteiger partial charge is 0.311 e. The van der Waals surface area contributed by atoms with Crippen LogP contribution in [0, 0.1) is 11.8 Å². The summed E-state index contributed by atoms with van der Waals surface area (Å²) < 4.78 is 0. The lowest BCUT2D eigenvalue weighted by Crippen LogP contribution is -2.41. The summed E-state index contributed by atoms with van der Waals surface area (Å²) in [5, 5.41) is 3.78. The average molecular weight is 211 g/mol. The highest BCUT2D eigenvalue weighted by molar-refractivity contribution is 4.79. The molecule has 1 heteroatoms. The molecule has 1 atom stereocenters. The zero-order chi connectivity index (χ0) is 11.3. The van der Waals surface area contributed by atoms with Crippen LogP contribution < -0.4 is 5.32 Å². The third-order valence-corrected chi connectivity index (χ3v) is 4.04. The fourth-order valence-electron chi connectivity index (χ4n) is 2.59. The van der Waals surface area contributed by atoms with Crippen LogP contribution in [-0.2, 0) is 0 Å². The zero-order valence-corrected chi connectivity index (χ0v) is 11.1. The van der Waals surface area contributed by atoms with E-state index in [0.717, 1.165) is 17.9 Å². The van der Waals surface area contributed by atoms with Crippen LogP contribution in [-0.4, -0.2) is 12.1 Å². The van der Waals surface area contributed by atoms with Crippen molar-refractivity contribution in [2.24, 2.45) is 11.8 Å². The number of nitrogens with one attached hydrogen (secondary N) is 1. The molecule has 1 N–H and O–H groups in total. The van der Waals surface area contributed by atoms with Crippen LogP contribution in [0.15, 0.2) is 0 Å². The Morgan fingerprint density at radius 1 is 1.07 bits per heavy atom. The second-order valence-electron chi connectivity index (χ2n) is 5.71. The zero-order valence-electron chi connectivity index (χ0n) is 11.1. The topological polar surface area (TPSA) is 12.0 Å². The molecule has 1 nitrogen and oxygen atoms in total. The van der Waals surface area contributed by atoms with Crippen molar-refractivity contribution in [3.05, 3.63) is 0 Å². The molecule has 1 fully saturated rings. The van der Waals surface area contributed by atoms with Gasteiger partial charge in [-0.1, -0.05) is 33.6 Å². The minimum Gasteiger partial charge on any atom is -0.311 e. The molecule has 0 radical (unpaired) electrons. The SMILES string of the molecule is CCCC1CCC(NC(C)C(C)C)CC1. The minimum atomic E-state index is 0.678. The predicted octanol–water partition coefficient (Wildman–Crippen LogP) is 3.98. The molecule has 0 spiro atoms. The smallest absolute Gasteiger partial charge is 0.00698 e. The Morgan fingerprint density at radius 2 is 1.67 bits per heavy atom. The second kappa shape index (κ2) is 6.52. The lowest BCUT2D eigenvalue weighted by Gasteiger charge is -2.32. The summed E-state index contributed by atoms with van der Waals surface area (Å²) >= 11 is 0. The number of hydrogen-bond donors (Lipinski definition) is 1. The van der Waals surface area contributed by atoms with Gasteiger partial charge in [-0.25, -0.2) is 0 Å². The number of hydrogen-bond acceptors (Lipinski definition) is 1. The lowest BCUT2D eigenvalue weighted by atomic mass is 9.83. The molecule has 0 aromatic rings. The van der Waals surface area contributed by atoms with Crippen LogP contribution in [0.25, 0.3) is 0 Å². The van der Waals surface area contributed by atoms with Gasteiger partial charge in [-0.3, -0.25) is 0 Å². The molecule has 0 bridgehead atoms. The Balaban J connectivity index is 2.19. The van der Waals surface area contributed by atoms with E-state index >= 15 is 0 Å². The Labute approximate surface area is 96.0 Å². The van der Waals surface area contributed by atoms with Crippen LogP contribution >= 0.6 is 0 Å². The summed E-state index contributed by atoms with van der Waals surface area (Å²) in [7, 11) is 0. The summed E-state index contributed by atoms with van der Waals surface area (Å²) in [6, 6.07) is 1.48. The van der Waals surface area contributed by atoms with Gasteiger partial charge in [0.1, 0.15) is 0 Å². The van der Waals surface area contributed by atoms with Gasteiger partial charge in [-0.2, -0.15) is 0 Å². The van der Waals surface area contributed by atoms with E-state index in [9.17, 15) is 0 Å². The monoisotopic (exact) mass is 211 g/mol. The minimum absolute atomic E-state index is 0.678. The molecule has 0 amide bonds. The van der Waals surface area contributed by atoms with Crippen molar-refractivity contribution in [3.63, 3.8) is 0 Å². The summed E-state index contributed by atoms with van der Waals surface area (Å²) in [6.07, 6.45) is 8.54. The van der Waals surface area contributed by atoms with Crippen molar-refractivity contribution in [2.45, 2.75) is 78.3 Å². The normalized spacial score (nSPS) is 29.4. The summed E-state index contributed by atoms with van der Waals surface area (Å²) in [6.45, 7) is 9.24. The fraction of sp³-hybridized carbons (Fsp3) is 1.00. The Hall–Kier alpha value is -0.0400. The summed E-state index contributed by atoms with van der Waals surface area (Å²) in [5.41, 5.74) is 0. The molecule has 1 rings (SSSR count). The Bertz CT molecular complexity index is 157. The highest BCUT2D eigenvalue weighted by Crippen LogP contribution is 2.28. The van der Waals surface area contributed by atoms with Gasteiger partial charge in [0.25, 0.3) is 0 Å². The van der Waals surface area contributed by atoms with E-state index in [4.69, 9.17) is 0 Å². The van der Waals surface area contributed by atoms with Crippen molar-refractivity contribution in [3.8, 4) is 0 Å². The van der Waals surface area contributed by atoms with Gasteiger partial charge in [0.15, 0.2) is 0 Å². The van der Waals surface area contributed by atoms with E-state index in [1.54, 1.807) is 0 Å². The lowest BCUT2D eigenvalue weighted by molar-refractivity contribution is 0.251. The summed E-state index contributed by atoms with van der Waals surface area (Å²) in [5.74, 6) is 1.79. The Morgan fingerprint density at radius 3 is 2.13 bits per heavy atom. The molecule has 0 saturated heterocycles. The van der Waals surface area contributed by atoms with E-state index in [2.05, 4.69) is 33.0 Å². The summed E-state index contributed by atoms with van der Waals surface area (Å²) in [4.78, 5) is 0. The van der Waals surface area contributed by atoms with E-state index in [-0.39, 0.29) is 0 Å². The third kappa shape index (κ3) is 4.55. The van der Waals surface area contributed by atoms with Gasteiger partial charge < -0.3 is 5.32 Å². The van der Waals surface area contributed by atoms with Crippen molar-refractivity contribution < 1.29 is 0 Å². The maximum absolute atomic E-state index is 3.78. The molecule has 90 valence electrons. The van der Waals surface area contributed by atoms with Crippen molar-refractivity contribution in [2.75, 3.05) is 0 Å². The molecule has 1 unspecified atom stereocenters. The molecule has 1 saturated carbocycles. The van der Waals surface area contributed by atoms with Gasteiger partial charge in [0.2, 0.25) is 0 Å². The highest BCUT2D eigenvalue weighted by atomic mass is 14.9. The first-order valence-electron chi connectivity index (χ1n) is 6.89. The van der Waals surface area contributed by atoms with Crippen molar-refractivity contribution in [1.29, 1.82) is 0 Å². The predicted molar refractivity (Wildman–Crippen MR) is 68.1 cm³/mol. The molecule has 0 heterocycles. The maximum Gasteiger partial charge on any atom is 0.00698 e. The van der Waals surface area contributed by atoms with E-state index < -0.39 is 0 Å². The molecule has 0 aromatic heterocycles. The third-order valence-electron chi connectivity index (χ3n) is 4.04. The molecule has 0 aliphatic heterocycles. The van der Waals surface area contributed by atoms with E-state index in [1.807, 2.05) is 0 Å². The van der Waals surface area contributed by atoms with Crippen LogP contribution in [0.2, 0.25) is 0 Å². The molecule has 1 aliphatic rings. The standard InChI is InChI=1S/C14H29N/c1-5-6-13-7-9-14(10-8-13)15-12(4)11(2)3/h11-15H,5-10H2,1-4H3. The molecule has 1 aliphatic carbocycles. The Kier molecular flexibility index (Phi) is 5.66. The quantitative estimate of drug-likeness (QED) is 0.725. The molecule has 0 aromatic carbocycles. The first kappa shape index (κ1) is 13.0. The molecule has 15 heavy (non-hydrogen) atoms. The first-order valence-corrected chi connectivity index (χ1v) is 6.89. The van der Waals surface area contributed by atoms with Crippen molar-refractivity contribution >= 4 is 0 Å². The number of rotatable bonds is 5. The van der Waals surface area contributed by atoms with Crippen LogP contribution in [0.5, 0.6) is 0 Å². The van der Waals surface area contributed by atoms with Gasteiger partial charge in [0.05, 0.1) is 0 Å². The average Bonchev–Trinajstić information content (AvgIpc) is 2.21. The molecular formula is C14H29N. The van der Waals surface area contributed by atoms with Crippen LogP contribution in [0.1, 0.15) is 66.2 Å². The van der Waals surface area contributed by atoms with Gasteiger partial charge in [0, 0.05) is 12.1 Å². The van der Waals surface area contributed by atoms with E-state index in [1.165, 1.54) is 38.5 Å². The van der Waals surface area contributed by atoms with Gasteiger partial charge >= 0.3 is 0 Å².